The van der Waals surface area contributed by atoms with Gasteiger partial charge in [0.25, 0.3) is 0 Å². The zero-order valence-corrected chi connectivity index (χ0v) is 19.4. The number of rotatable bonds is 6. The van der Waals surface area contributed by atoms with Gasteiger partial charge in [0.05, 0.1) is 5.56 Å². The first-order valence-corrected chi connectivity index (χ1v) is 11.6. The molecule has 2 aliphatic rings. The van der Waals surface area contributed by atoms with E-state index in [0.29, 0.717) is 13.1 Å². The Balaban J connectivity index is 1.14. The molecule has 1 heterocycles. The average Bonchev–Trinajstić information content (AvgIpc) is 3.41. The molecule has 0 unspecified atom stereocenters. The van der Waals surface area contributed by atoms with Crippen LogP contribution >= 0.6 is 0 Å². The number of nitrogens with one attached hydrogen (secondary N) is 1. The number of amides is 2. The highest BCUT2D eigenvalue weighted by molar-refractivity contribution is 5.88. The third-order valence-corrected chi connectivity index (χ3v) is 6.72. The van der Waals surface area contributed by atoms with Crippen LogP contribution in [0.4, 0.5) is 4.79 Å². The van der Waals surface area contributed by atoms with Gasteiger partial charge in [-0.05, 0) is 52.4 Å². The predicted molar refractivity (Wildman–Crippen MR) is 130 cm³/mol. The number of hydrogen-bond acceptors (Lipinski definition) is 4. The Morgan fingerprint density at radius 1 is 0.971 bits per heavy atom. The lowest BCUT2D eigenvalue weighted by atomic mass is 9.98. The number of alkyl carbamates (subject to hydrolysis) is 1. The van der Waals surface area contributed by atoms with Crippen LogP contribution in [0.15, 0.2) is 66.7 Å². The summed E-state index contributed by atoms with van der Waals surface area (Å²) in [6, 6.07) is 20.8. The summed E-state index contributed by atoms with van der Waals surface area (Å²) in [6.45, 7) is 2.79. The number of fused-ring (bicyclic) bond motifs is 4. The van der Waals surface area contributed by atoms with Crippen molar-refractivity contribution in [3.8, 4) is 11.1 Å². The Morgan fingerprint density at radius 3 is 2.26 bits per heavy atom. The predicted octanol–water partition coefficient (Wildman–Crippen LogP) is 4.54. The number of ether oxygens (including phenoxy) is 1. The average molecular weight is 471 g/mol. The van der Waals surface area contributed by atoms with E-state index in [9.17, 15) is 19.5 Å². The summed E-state index contributed by atoms with van der Waals surface area (Å²) in [6.07, 6.45) is -0.424. The number of nitrogens with zero attached hydrogens (tertiary/aromatic N) is 1. The lowest BCUT2D eigenvalue weighted by Gasteiger charge is -2.20. The summed E-state index contributed by atoms with van der Waals surface area (Å²) in [5, 5.41) is 11.9. The number of hydrogen-bond donors (Lipinski definition) is 2. The van der Waals surface area contributed by atoms with E-state index in [-0.39, 0.29) is 30.4 Å². The number of carboxylic acids is 1. The maximum atomic E-state index is 12.8. The molecular formula is C28H26N2O5. The molecule has 7 heteroatoms. The fourth-order valence-electron chi connectivity index (χ4n) is 4.99. The van der Waals surface area contributed by atoms with Gasteiger partial charge in [-0.3, -0.25) is 4.79 Å². The molecule has 5 rings (SSSR count). The van der Waals surface area contributed by atoms with Crippen LogP contribution in [0.3, 0.4) is 0 Å². The Hall–Kier alpha value is -4.13. The molecule has 0 bridgehead atoms. The molecule has 3 aromatic rings. The molecule has 0 saturated heterocycles. The number of carbonyl (C=O) groups excluding carboxylic acids is 2. The smallest absolute Gasteiger partial charge is 0.407 e. The molecule has 0 fully saturated rings. The van der Waals surface area contributed by atoms with Crippen molar-refractivity contribution in [1.82, 2.24) is 10.2 Å². The number of aromatic carboxylic acids is 1. The van der Waals surface area contributed by atoms with Crippen molar-refractivity contribution in [3.63, 3.8) is 0 Å². The molecule has 178 valence electrons. The first-order chi connectivity index (χ1) is 16.9. The van der Waals surface area contributed by atoms with Crippen molar-refractivity contribution in [2.75, 3.05) is 6.61 Å². The van der Waals surface area contributed by atoms with Crippen molar-refractivity contribution in [2.45, 2.75) is 38.4 Å². The SMILES string of the molecule is C[C@H](CC(=O)N1Cc2ccc(C(=O)O)cc2C1)NC(=O)OCC1c2ccccc2-c2ccccc21. The zero-order chi connectivity index (χ0) is 24.5. The van der Waals surface area contributed by atoms with E-state index in [4.69, 9.17) is 4.74 Å². The molecular weight excluding hydrogens is 444 g/mol. The van der Waals surface area contributed by atoms with Crippen LogP contribution in [0.2, 0.25) is 0 Å². The molecule has 1 atom stereocenters. The van der Waals surface area contributed by atoms with Gasteiger partial charge in [-0.1, -0.05) is 54.6 Å². The van der Waals surface area contributed by atoms with E-state index in [2.05, 4.69) is 29.6 Å². The highest BCUT2D eigenvalue weighted by Gasteiger charge is 2.30. The Morgan fingerprint density at radius 2 is 1.60 bits per heavy atom. The molecule has 3 aromatic carbocycles. The van der Waals surface area contributed by atoms with E-state index < -0.39 is 18.1 Å². The minimum Gasteiger partial charge on any atom is -0.478 e. The van der Waals surface area contributed by atoms with Gasteiger partial charge in [0.15, 0.2) is 0 Å². The monoisotopic (exact) mass is 470 g/mol. The first kappa shape index (κ1) is 22.7. The van der Waals surface area contributed by atoms with E-state index in [0.717, 1.165) is 33.4 Å². The molecule has 1 aliphatic heterocycles. The summed E-state index contributed by atoms with van der Waals surface area (Å²) in [4.78, 5) is 38.2. The topological polar surface area (TPSA) is 95.9 Å². The van der Waals surface area contributed by atoms with Gasteiger partial charge in [-0.15, -0.1) is 0 Å². The molecule has 0 radical (unpaired) electrons. The highest BCUT2D eigenvalue weighted by Crippen LogP contribution is 2.44. The van der Waals surface area contributed by atoms with E-state index in [1.807, 2.05) is 24.3 Å². The second-order valence-electron chi connectivity index (χ2n) is 9.11. The Bertz CT molecular complexity index is 1270. The summed E-state index contributed by atoms with van der Waals surface area (Å²) in [5.41, 5.74) is 6.62. The van der Waals surface area contributed by atoms with Crippen LogP contribution in [-0.2, 0) is 22.6 Å². The van der Waals surface area contributed by atoms with Crippen LogP contribution in [0.25, 0.3) is 11.1 Å². The summed E-state index contributed by atoms with van der Waals surface area (Å²) in [7, 11) is 0. The molecule has 7 nitrogen and oxygen atoms in total. The van der Waals surface area contributed by atoms with Crippen molar-refractivity contribution in [1.29, 1.82) is 0 Å². The fourth-order valence-corrected chi connectivity index (χ4v) is 4.99. The lowest BCUT2D eigenvalue weighted by Crippen LogP contribution is -2.38. The zero-order valence-electron chi connectivity index (χ0n) is 19.4. The van der Waals surface area contributed by atoms with Gasteiger partial charge in [0, 0.05) is 31.5 Å². The number of carboxylic acid groups (broad SMARTS) is 1. The minimum atomic E-state index is -0.988. The van der Waals surface area contributed by atoms with Crippen LogP contribution in [0.5, 0.6) is 0 Å². The largest absolute Gasteiger partial charge is 0.478 e. The summed E-state index contributed by atoms with van der Waals surface area (Å²) >= 11 is 0. The third-order valence-electron chi connectivity index (χ3n) is 6.72. The quantitative estimate of drug-likeness (QED) is 0.551. The Labute approximate surface area is 203 Å². The normalized spacial score (nSPS) is 14.6. The van der Waals surface area contributed by atoms with Crippen molar-refractivity contribution in [3.05, 3.63) is 94.5 Å². The molecule has 2 amide bonds. The fraction of sp³-hybridized carbons (Fsp3) is 0.250. The lowest BCUT2D eigenvalue weighted by molar-refractivity contribution is -0.132. The van der Waals surface area contributed by atoms with Gasteiger partial charge in [0.2, 0.25) is 5.91 Å². The highest BCUT2D eigenvalue weighted by atomic mass is 16.5. The Kier molecular flexibility index (Phi) is 5.99. The van der Waals surface area contributed by atoms with Gasteiger partial charge < -0.3 is 20.1 Å². The van der Waals surface area contributed by atoms with E-state index in [1.54, 1.807) is 30.0 Å². The molecule has 2 N–H and O–H groups in total. The molecule has 0 spiro atoms. The third kappa shape index (κ3) is 4.49. The molecule has 1 aliphatic carbocycles. The molecule has 0 aromatic heterocycles. The van der Waals surface area contributed by atoms with Gasteiger partial charge in [0.1, 0.15) is 6.61 Å². The van der Waals surface area contributed by atoms with Crippen LogP contribution in [-0.4, -0.2) is 40.6 Å². The van der Waals surface area contributed by atoms with Crippen molar-refractivity contribution in [2.24, 2.45) is 0 Å². The van der Waals surface area contributed by atoms with Gasteiger partial charge >= 0.3 is 12.1 Å². The molecule has 0 saturated carbocycles. The first-order valence-electron chi connectivity index (χ1n) is 11.6. The second-order valence-corrected chi connectivity index (χ2v) is 9.11. The van der Waals surface area contributed by atoms with Crippen LogP contribution in [0, 0.1) is 0 Å². The standard InChI is InChI=1S/C28H26N2O5/c1-17(12-26(31)30-14-19-11-10-18(27(32)33)13-20(19)15-30)29-28(34)35-16-25-23-8-4-2-6-21(23)22-7-3-5-9-24(22)25/h2-11,13,17,25H,12,14-16H2,1H3,(H,29,34)(H,32,33)/t17-/m1/s1. The molecule has 35 heavy (non-hydrogen) atoms. The van der Waals surface area contributed by atoms with Crippen molar-refractivity contribution >= 4 is 18.0 Å². The number of carbonyl (C=O) groups is 3. The minimum absolute atomic E-state index is 0.0242. The second kappa shape index (κ2) is 9.25. The summed E-state index contributed by atoms with van der Waals surface area (Å²) < 4.78 is 5.57. The van der Waals surface area contributed by atoms with E-state index in [1.165, 1.54) is 0 Å². The van der Waals surface area contributed by atoms with Gasteiger partial charge in [-0.2, -0.15) is 0 Å². The number of benzene rings is 3. The van der Waals surface area contributed by atoms with Crippen LogP contribution in [0.1, 0.15) is 51.9 Å². The maximum Gasteiger partial charge on any atom is 0.407 e. The van der Waals surface area contributed by atoms with Gasteiger partial charge in [-0.25, -0.2) is 9.59 Å². The maximum absolute atomic E-state index is 12.8. The summed E-state index contributed by atoms with van der Waals surface area (Å²) in [5.74, 6) is -1.12. The van der Waals surface area contributed by atoms with Crippen molar-refractivity contribution < 1.29 is 24.2 Å². The van der Waals surface area contributed by atoms with E-state index >= 15 is 0 Å². The van der Waals surface area contributed by atoms with Crippen LogP contribution < -0.4 is 5.32 Å².